The van der Waals surface area contributed by atoms with Gasteiger partial charge in [-0.05, 0) is 53.3 Å². The van der Waals surface area contributed by atoms with E-state index in [-0.39, 0.29) is 16.7 Å². The first-order chi connectivity index (χ1) is 17.2. The van der Waals surface area contributed by atoms with E-state index in [0.29, 0.717) is 26.1 Å². The molecule has 0 spiro atoms. The summed E-state index contributed by atoms with van der Waals surface area (Å²) in [5.74, 6) is 0. The van der Waals surface area contributed by atoms with Gasteiger partial charge >= 0.3 is 0 Å². The van der Waals surface area contributed by atoms with Crippen molar-refractivity contribution in [2.45, 2.75) is 77.6 Å². The fraction of sp³-hybridized carbons (Fsp3) is 0.567. The highest BCUT2D eigenvalue weighted by atomic mass is 31.1. The highest BCUT2D eigenvalue weighted by molar-refractivity contribution is 7.35. The minimum Gasteiger partial charge on any atom is -0.416 e. The molecule has 0 unspecified atom stereocenters. The lowest BCUT2D eigenvalue weighted by Gasteiger charge is -2.43. The van der Waals surface area contributed by atoms with Crippen molar-refractivity contribution in [3.05, 3.63) is 60.7 Å². The average molecular weight is 565 g/mol. The largest absolute Gasteiger partial charge is 0.416 e. The van der Waals surface area contributed by atoms with Gasteiger partial charge in [0.05, 0.1) is 0 Å². The molecule has 0 heterocycles. The van der Waals surface area contributed by atoms with E-state index >= 15 is 0 Å². The molecule has 37 heavy (non-hydrogen) atoms. The van der Waals surface area contributed by atoms with E-state index in [2.05, 4.69) is 116 Å². The summed E-state index contributed by atoms with van der Waals surface area (Å²) in [4.78, 5) is 10.1. The maximum Gasteiger partial charge on any atom is 0.261 e. The third kappa shape index (κ3) is 11.6. The molecule has 2 aromatic carbocycles. The Balaban J connectivity index is 0.000000732. The summed E-state index contributed by atoms with van der Waals surface area (Å²) in [6, 6.07) is 21.2. The zero-order chi connectivity index (χ0) is 28.6. The molecule has 0 aromatic heterocycles. The highest BCUT2D eigenvalue weighted by Crippen LogP contribution is 2.37. The zero-order valence-corrected chi connectivity index (χ0v) is 28.1. The Labute approximate surface area is 231 Å². The number of hydrogen-bond acceptors (Lipinski definition) is 4. The van der Waals surface area contributed by atoms with E-state index in [1.807, 2.05) is 12.1 Å². The third-order valence-electron chi connectivity index (χ3n) is 6.54. The molecule has 0 atom stereocenters. The lowest BCUT2D eigenvalue weighted by molar-refractivity contribution is -0.108. The second-order valence-electron chi connectivity index (χ2n) is 11.7. The van der Waals surface area contributed by atoms with Crippen LogP contribution in [-0.2, 0) is 13.6 Å². The third-order valence-corrected chi connectivity index (χ3v) is 16.1. The molecule has 4 nitrogen and oxygen atoms in total. The minimum absolute atomic E-state index is 0.00512. The maximum atomic E-state index is 10.1. The number of aldehydes is 1. The molecule has 0 saturated heterocycles. The lowest BCUT2D eigenvalue weighted by Crippen LogP contribution is -2.66. The normalized spacial score (nSPS) is 12.1. The van der Waals surface area contributed by atoms with E-state index < -0.39 is 16.6 Å². The summed E-state index contributed by atoms with van der Waals surface area (Å²) in [7, 11) is -2.92. The smallest absolute Gasteiger partial charge is 0.261 e. The van der Waals surface area contributed by atoms with Gasteiger partial charge in [0.25, 0.3) is 8.32 Å². The van der Waals surface area contributed by atoms with Crippen LogP contribution in [0.15, 0.2) is 60.7 Å². The molecule has 7 heteroatoms. The van der Waals surface area contributed by atoms with E-state index in [9.17, 15) is 4.79 Å². The van der Waals surface area contributed by atoms with Gasteiger partial charge in [-0.1, -0.05) is 102 Å². The van der Waals surface area contributed by atoms with Gasteiger partial charge in [0.2, 0.25) is 0 Å². The van der Waals surface area contributed by atoms with Crippen molar-refractivity contribution in [1.82, 2.24) is 0 Å². The van der Waals surface area contributed by atoms with Gasteiger partial charge in [0, 0.05) is 26.2 Å². The van der Waals surface area contributed by atoms with Gasteiger partial charge in [-0.2, -0.15) is 0 Å². The molecule has 0 aliphatic rings. The van der Waals surface area contributed by atoms with Crippen LogP contribution in [0.2, 0.25) is 23.2 Å². The summed E-state index contributed by atoms with van der Waals surface area (Å²) in [6.45, 7) is 23.4. The molecule has 0 fully saturated rings. The minimum atomic E-state index is -2.40. The van der Waals surface area contributed by atoms with Crippen molar-refractivity contribution in [3.63, 3.8) is 0 Å². The Morgan fingerprint density at radius 1 is 0.784 bits per heavy atom. The maximum absolute atomic E-state index is 10.1. The summed E-state index contributed by atoms with van der Waals surface area (Å²) in [6.07, 6.45) is 2.10. The van der Waals surface area contributed by atoms with E-state index in [1.54, 1.807) is 0 Å². The first-order valence-electron chi connectivity index (χ1n) is 13.3. The first kappa shape index (κ1) is 35.9. The van der Waals surface area contributed by atoms with Gasteiger partial charge in [0.15, 0.2) is 8.32 Å². The molecule has 2 aromatic rings. The Bertz CT molecular complexity index is 808. The predicted octanol–water partition coefficient (Wildman–Crippen LogP) is 6.47. The van der Waals surface area contributed by atoms with Crippen LogP contribution >= 0.6 is 8.58 Å². The zero-order valence-electron chi connectivity index (χ0n) is 25.1. The molecule has 1 N–H and O–H groups in total. The Morgan fingerprint density at radius 2 is 1.22 bits per heavy atom. The number of aliphatic hydroxyl groups excluding tert-OH is 1. The summed E-state index contributed by atoms with van der Waals surface area (Å²) in [5.41, 5.74) is 0. The van der Waals surface area contributed by atoms with Crippen molar-refractivity contribution >= 4 is 41.9 Å². The summed E-state index contributed by atoms with van der Waals surface area (Å²) < 4.78 is 12.3. The number of rotatable bonds is 10. The highest BCUT2D eigenvalue weighted by Gasteiger charge is 2.49. The van der Waals surface area contributed by atoms with Crippen LogP contribution in [0.4, 0.5) is 0 Å². The number of benzene rings is 2. The topological polar surface area (TPSA) is 55.8 Å². The van der Waals surface area contributed by atoms with Gasteiger partial charge in [-0.15, -0.1) is 8.58 Å². The van der Waals surface area contributed by atoms with Gasteiger partial charge in [-0.3, -0.25) is 0 Å². The van der Waals surface area contributed by atoms with Crippen LogP contribution in [0, 0.1) is 0 Å². The predicted molar refractivity (Wildman–Crippen MR) is 169 cm³/mol. The molecule has 0 radical (unpaired) electrons. The molecule has 0 aliphatic heterocycles. The second-order valence-corrected chi connectivity index (χ2v) is 21.8. The molecule has 0 bridgehead atoms. The van der Waals surface area contributed by atoms with Gasteiger partial charge < -0.3 is 18.8 Å². The lowest BCUT2D eigenvalue weighted by atomic mass is 10.2. The molecule has 2 rings (SSSR count). The van der Waals surface area contributed by atoms with E-state index in [1.165, 1.54) is 10.4 Å². The van der Waals surface area contributed by atoms with E-state index in [4.69, 9.17) is 14.0 Å². The van der Waals surface area contributed by atoms with Crippen LogP contribution in [0.3, 0.4) is 0 Å². The first-order valence-corrected chi connectivity index (χ1v) is 20.1. The monoisotopic (exact) mass is 564 g/mol. The molecule has 210 valence electrons. The van der Waals surface area contributed by atoms with Gasteiger partial charge in [0.1, 0.15) is 6.29 Å². The van der Waals surface area contributed by atoms with Crippen molar-refractivity contribution in [3.8, 4) is 0 Å². The molecule has 0 amide bonds. The molecule has 0 saturated carbocycles. The fourth-order valence-electron chi connectivity index (χ4n) is 3.63. The fourth-order valence-corrected chi connectivity index (χ4v) is 9.30. The average Bonchev–Trinajstić information content (AvgIpc) is 2.83. The van der Waals surface area contributed by atoms with Crippen LogP contribution in [0.25, 0.3) is 0 Å². The number of carbonyl (C=O) groups excluding carboxylic acids is 1. The number of aliphatic hydroxyl groups is 1. The molecular weight excluding hydrogens is 511 g/mol. The quantitative estimate of drug-likeness (QED) is 0.156. The van der Waals surface area contributed by atoms with Crippen molar-refractivity contribution in [1.29, 1.82) is 0 Å². The van der Waals surface area contributed by atoms with Crippen molar-refractivity contribution in [2.24, 2.45) is 0 Å². The van der Waals surface area contributed by atoms with Crippen LogP contribution < -0.4 is 10.4 Å². The van der Waals surface area contributed by atoms with E-state index in [0.717, 1.165) is 14.9 Å². The van der Waals surface area contributed by atoms with Crippen LogP contribution in [0.1, 0.15) is 54.4 Å². The standard InChI is InChI=1S/C19H26O2Si.C9H20O2Si.C2H7P/c1-19(2,3)22(21-16-10-15-20,17-11-6-4-7-12-17)18-13-8-5-9-14-18;1-9(2,3)12(4,5)11-8-6-7-10;1-3-2/h4-9,11-14,20H,10,15-16H2,1-3H3;7H,6,8H2,1-5H3;3H,1-2H3. The number of carbonyl (C=O) groups is 1. The SMILES string of the molecule is CC(C)(C)[Si](C)(C)OCCC=O.CC(C)(C)[Si](OCCCO)(c1ccccc1)c1ccccc1.CPC. The van der Waals surface area contributed by atoms with Crippen LogP contribution in [-0.4, -0.2) is 61.2 Å². The molecule has 0 aliphatic carbocycles. The number of hydrogen-bond donors (Lipinski definition) is 1. The van der Waals surface area contributed by atoms with Crippen molar-refractivity contribution in [2.75, 3.05) is 33.2 Å². The summed E-state index contributed by atoms with van der Waals surface area (Å²) in [5, 5.41) is 12.0. The summed E-state index contributed by atoms with van der Waals surface area (Å²) >= 11 is 0. The van der Waals surface area contributed by atoms with Crippen molar-refractivity contribution < 1.29 is 18.8 Å². The van der Waals surface area contributed by atoms with Gasteiger partial charge in [-0.25, -0.2) is 0 Å². The Morgan fingerprint density at radius 3 is 1.54 bits per heavy atom. The van der Waals surface area contributed by atoms with Crippen LogP contribution in [0.5, 0.6) is 0 Å². The second kappa shape index (κ2) is 17.4. The molecular formula is C30H53O4PSi2. The Hall–Kier alpha value is -1.15. The Kier molecular flexibility index (Phi) is 16.9.